The van der Waals surface area contributed by atoms with Gasteiger partial charge in [-0.2, -0.15) is 5.26 Å². The maximum absolute atomic E-state index is 12.2. The number of nitrogens with zero attached hydrogens (tertiary/aromatic N) is 2. The van der Waals surface area contributed by atoms with E-state index in [-0.39, 0.29) is 11.3 Å². The van der Waals surface area contributed by atoms with Crippen LogP contribution in [0.3, 0.4) is 0 Å². The lowest BCUT2D eigenvalue weighted by atomic mass is 9.78. The van der Waals surface area contributed by atoms with Crippen LogP contribution in [0.2, 0.25) is 0 Å². The fraction of sp³-hybridized carbons (Fsp3) is 0.882. The SMILES string of the molecule is CC(C)(C#N)CCN1CCCCC1C1CCCCC1=O. The molecule has 0 bridgehead atoms. The summed E-state index contributed by atoms with van der Waals surface area (Å²) in [6, 6.07) is 2.84. The van der Waals surface area contributed by atoms with Crippen molar-refractivity contribution in [1.82, 2.24) is 4.90 Å². The molecule has 2 rings (SSSR count). The first-order valence-electron chi connectivity index (χ1n) is 8.21. The molecule has 0 radical (unpaired) electrons. The molecule has 0 amide bonds. The van der Waals surface area contributed by atoms with Crippen molar-refractivity contribution < 1.29 is 4.79 Å². The van der Waals surface area contributed by atoms with Crippen LogP contribution in [0, 0.1) is 22.7 Å². The maximum Gasteiger partial charge on any atom is 0.137 e. The predicted molar refractivity (Wildman–Crippen MR) is 80.2 cm³/mol. The van der Waals surface area contributed by atoms with Crippen LogP contribution in [0.15, 0.2) is 0 Å². The van der Waals surface area contributed by atoms with Crippen molar-refractivity contribution in [3.63, 3.8) is 0 Å². The van der Waals surface area contributed by atoms with Gasteiger partial charge in [0, 0.05) is 18.4 Å². The number of nitriles is 1. The van der Waals surface area contributed by atoms with Gasteiger partial charge in [0.15, 0.2) is 0 Å². The van der Waals surface area contributed by atoms with Crippen molar-refractivity contribution in [3.8, 4) is 6.07 Å². The minimum absolute atomic E-state index is 0.251. The second-order valence-electron chi connectivity index (χ2n) is 7.16. The number of likely N-dealkylation sites (tertiary alicyclic amines) is 1. The summed E-state index contributed by atoms with van der Waals surface area (Å²) in [5.74, 6) is 0.766. The summed E-state index contributed by atoms with van der Waals surface area (Å²) in [5, 5.41) is 9.16. The summed E-state index contributed by atoms with van der Waals surface area (Å²) in [7, 11) is 0. The minimum Gasteiger partial charge on any atom is -0.300 e. The number of carbonyl (C=O) groups is 1. The lowest BCUT2D eigenvalue weighted by Gasteiger charge is -2.41. The number of rotatable bonds is 4. The van der Waals surface area contributed by atoms with Crippen molar-refractivity contribution >= 4 is 5.78 Å². The Hall–Kier alpha value is -0.880. The highest BCUT2D eigenvalue weighted by atomic mass is 16.1. The Labute approximate surface area is 123 Å². The van der Waals surface area contributed by atoms with E-state index in [1.54, 1.807) is 0 Å². The molecule has 0 aromatic rings. The smallest absolute Gasteiger partial charge is 0.137 e. The summed E-state index contributed by atoms with van der Waals surface area (Å²) in [5.41, 5.74) is -0.251. The van der Waals surface area contributed by atoms with Crippen LogP contribution in [-0.2, 0) is 4.79 Å². The molecule has 1 aliphatic heterocycles. The van der Waals surface area contributed by atoms with E-state index in [4.69, 9.17) is 5.26 Å². The molecule has 1 aliphatic carbocycles. The highest BCUT2D eigenvalue weighted by Gasteiger charge is 2.35. The third-order valence-electron chi connectivity index (χ3n) is 5.06. The number of Topliss-reactive ketones (excluding diaryl/α,β-unsaturated/α-hetero) is 1. The van der Waals surface area contributed by atoms with Crippen LogP contribution >= 0.6 is 0 Å². The van der Waals surface area contributed by atoms with E-state index in [1.165, 1.54) is 25.7 Å². The number of ketones is 1. The first-order chi connectivity index (χ1) is 9.53. The van der Waals surface area contributed by atoms with Gasteiger partial charge in [-0.1, -0.05) is 12.8 Å². The molecule has 2 unspecified atom stereocenters. The molecule has 2 aliphatic rings. The predicted octanol–water partition coefficient (Wildman–Crippen LogP) is 3.54. The molecule has 2 atom stereocenters. The van der Waals surface area contributed by atoms with Gasteiger partial charge in [-0.25, -0.2) is 0 Å². The third kappa shape index (κ3) is 3.82. The van der Waals surface area contributed by atoms with Crippen LogP contribution in [0.25, 0.3) is 0 Å². The lowest BCUT2D eigenvalue weighted by Crippen LogP contribution is -2.48. The van der Waals surface area contributed by atoms with Crippen LogP contribution in [0.5, 0.6) is 0 Å². The Kier molecular flexibility index (Phi) is 5.21. The number of hydrogen-bond acceptors (Lipinski definition) is 3. The molecule has 1 saturated heterocycles. The largest absolute Gasteiger partial charge is 0.300 e. The second-order valence-corrected chi connectivity index (χ2v) is 7.16. The van der Waals surface area contributed by atoms with E-state index in [2.05, 4.69) is 11.0 Å². The van der Waals surface area contributed by atoms with Gasteiger partial charge in [0.05, 0.1) is 11.5 Å². The summed E-state index contributed by atoms with van der Waals surface area (Å²) in [6.07, 6.45) is 8.75. The molecule has 2 fully saturated rings. The maximum atomic E-state index is 12.2. The molecule has 0 aromatic carbocycles. The van der Waals surface area contributed by atoms with Crippen LogP contribution in [0.1, 0.15) is 65.2 Å². The number of carbonyl (C=O) groups excluding carboxylic acids is 1. The van der Waals surface area contributed by atoms with E-state index in [9.17, 15) is 4.79 Å². The quantitative estimate of drug-likeness (QED) is 0.789. The average molecular weight is 276 g/mol. The highest BCUT2D eigenvalue weighted by Crippen LogP contribution is 2.32. The summed E-state index contributed by atoms with van der Waals surface area (Å²) < 4.78 is 0. The van der Waals surface area contributed by atoms with Gasteiger partial charge >= 0.3 is 0 Å². The molecule has 3 heteroatoms. The normalized spacial score (nSPS) is 29.1. The summed E-state index contributed by atoms with van der Waals surface area (Å²) in [4.78, 5) is 14.7. The molecule has 1 saturated carbocycles. The van der Waals surface area contributed by atoms with Gasteiger partial charge in [-0.15, -0.1) is 0 Å². The van der Waals surface area contributed by atoms with Gasteiger partial charge in [-0.3, -0.25) is 9.69 Å². The minimum atomic E-state index is -0.251. The Bertz CT molecular complexity index is 383. The third-order valence-corrected chi connectivity index (χ3v) is 5.06. The first-order valence-corrected chi connectivity index (χ1v) is 8.21. The Balaban J connectivity index is 1.98. The molecular weight excluding hydrogens is 248 g/mol. The second kappa shape index (κ2) is 6.72. The average Bonchev–Trinajstić information content (AvgIpc) is 2.46. The topological polar surface area (TPSA) is 44.1 Å². The van der Waals surface area contributed by atoms with E-state index in [0.717, 1.165) is 38.8 Å². The van der Waals surface area contributed by atoms with Crippen molar-refractivity contribution in [1.29, 1.82) is 5.26 Å². The standard InChI is InChI=1S/C17H28N2O/c1-17(2,13-18)10-12-19-11-6-5-8-15(19)14-7-3-4-9-16(14)20/h14-15H,3-12H2,1-2H3. The number of hydrogen-bond donors (Lipinski definition) is 0. The van der Waals surface area contributed by atoms with Crippen LogP contribution in [0.4, 0.5) is 0 Å². The molecule has 0 N–H and O–H groups in total. The van der Waals surface area contributed by atoms with Crippen LogP contribution in [-0.4, -0.2) is 29.8 Å². The molecular formula is C17H28N2O. The van der Waals surface area contributed by atoms with E-state index in [1.807, 2.05) is 13.8 Å². The monoisotopic (exact) mass is 276 g/mol. The van der Waals surface area contributed by atoms with Crippen LogP contribution < -0.4 is 0 Å². The molecule has 1 heterocycles. The fourth-order valence-electron chi connectivity index (χ4n) is 3.65. The first kappa shape index (κ1) is 15.5. The lowest BCUT2D eigenvalue weighted by molar-refractivity contribution is -0.127. The molecule has 20 heavy (non-hydrogen) atoms. The van der Waals surface area contributed by atoms with E-state index >= 15 is 0 Å². The molecule has 3 nitrogen and oxygen atoms in total. The zero-order chi connectivity index (χ0) is 14.6. The summed E-state index contributed by atoms with van der Waals surface area (Å²) in [6.45, 7) is 6.10. The zero-order valence-electron chi connectivity index (χ0n) is 13.0. The molecule has 0 spiro atoms. The van der Waals surface area contributed by atoms with E-state index < -0.39 is 0 Å². The van der Waals surface area contributed by atoms with Gasteiger partial charge < -0.3 is 0 Å². The number of piperidine rings is 1. The Morgan fingerprint density at radius 3 is 2.70 bits per heavy atom. The Morgan fingerprint density at radius 1 is 1.25 bits per heavy atom. The van der Waals surface area contributed by atoms with E-state index in [0.29, 0.717) is 11.8 Å². The highest BCUT2D eigenvalue weighted by molar-refractivity contribution is 5.82. The Morgan fingerprint density at radius 2 is 2.00 bits per heavy atom. The van der Waals surface area contributed by atoms with Crippen molar-refractivity contribution in [2.24, 2.45) is 11.3 Å². The van der Waals surface area contributed by atoms with Gasteiger partial charge in [0.2, 0.25) is 0 Å². The van der Waals surface area contributed by atoms with Crippen molar-refractivity contribution in [3.05, 3.63) is 0 Å². The fourth-order valence-corrected chi connectivity index (χ4v) is 3.65. The van der Waals surface area contributed by atoms with Crippen molar-refractivity contribution in [2.75, 3.05) is 13.1 Å². The van der Waals surface area contributed by atoms with Gasteiger partial charge in [0.1, 0.15) is 5.78 Å². The molecule has 112 valence electrons. The van der Waals surface area contributed by atoms with Crippen molar-refractivity contribution in [2.45, 2.75) is 71.3 Å². The zero-order valence-corrected chi connectivity index (χ0v) is 13.0. The summed E-state index contributed by atoms with van der Waals surface area (Å²) >= 11 is 0. The van der Waals surface area contributed by atoms with Gasteiger partial charge in [-0.05, 0) is 59.0 Å². The van der Waals surface area contributed by atoms with Gasteiger partial charge in [0.25, 0.3) is 0 Å². The molecule has 0 aromatic heterocycles.